The number of hydrogen-bond donors (Lipinski definition) is 1. The molecule has 0 aliphatic heterocycles. The van der Waals surface area contributed by atoms with E-state index in [1.165, 1.54) is 36.2 Å². The van der Waals surface area contributed by atoms with E-state index in [0.29, 0.717) is 0 Å². The molecule has 0 aromatic heterocycles. The molecule has 1 N–H and O–H groups in total. The maximum atomic E-state index is 12.5. The van der Waals surface area contributed by atoms with Gasteiger partial charge in [-0.05, 0) is 63.7 Å². The summed E-state index contributed by atoms with van der Waals surface area (Å²) in [6.45, 7) is 10.7. The molecule has 1 aliphatic carbocycles. The summed E-state index contributed by atoms with van der Waals surface area (Å²) in [5, 5.41) is 4.17. The Bertz CT molecular complexity index is 413. The number of rotatable bonds is 7. The summed E-state index contributed by atoms with van der Waals surface area (Å²) in [5.74, 6) is 1.28. The number of carbonyl (C=O) groups excluding carboxylic acids is 1. The van der Waals surface area contributed by atoms with Gasteiger partial charge >= 0.3 is 0 Å². The normalized spacial score (nSPS) is 22.3. The molecule has 1 saturated carbocycles. The minimum atomic E-state index is 0.209. The summed E-state index contributed by atoms with van der Waals surface area (Å²) in [6, 6.07) is 0. The Morgan fingerprint density at radius 1 is 1.14 bits per heavy atom. The number of allylic oxidation sites excluding steroid dienone is 3. The average Bonchev–Trinajstić information content (AvgIpc) is 2.48. The van der Waals surface area contributed by atoms with Crippen LogP contribution in [0.15, 0.2) is 21.6 Å². The van der Waals surface area contributed by atoms with Gasteiger partial charge in [-0.15, -0.1) is 0 Å². The van der Waals surface area contributed by atoms with Crippen LogP contribution >= 0.6 is 11.8 Å². The fourth-order valence-corrected chi connectivity index (χ4v) is 3.85. The first-order valence-corrected chi connectivity index (χ1v) is 9.62. The minimum absolute atomic E-state index is 0.209. The summed E-state index contributed by atoms with van der Waals surface area (Å²) < 4.78 is 0. The standard InChI is InChI=1S/C19H33NOS/c1-6-8-16-10-12-17(13-11-16)19(21)20-18(9-7-2)22-15(5)14(3)4/h9,16-17H,6-8,10-13H2,1-5H3,(H,20,21)/b18-9+. The summed E-state index contributed by atoms with van der Waals surface area (Å²) in [7, 11) is 0. The quantitative estimate of drug-likeness (QED) is 0.622. The van der Waals surface area contributed by atoms with Crippen molar-refractivity contribution in [2.45, 2.75) is 79.6 Å². The van der Waals surface area contributed by atoms with Crippen LogP contribution in [-0.2, 0) is 4.79 Å². The molecule has 1 aliphatic rings. The predicted octanol–water partition coefficient (Wildman–Crippen LogP) is 6.01. The second kappa shape index (κ2) is 10.1. The Morgan fingerprint density at radius 2 is 1.77 bits per heavy atom. The van der Waals surface area contributed by atoms with Gasteiger partial charge in [-0.25, -0.2) is 0 Å². The van der Waals surface area contributed by atoms with Crippen molar-refractivity contribution in [2.75, 3.05) is 0 Å². The first kappa shape index (κ1) is 19.3. The number of amides is 1. The second-order valence-corrected chi connectivity index (χ2v) is 7.89. The zero-order valence-corrected chi connectivity index (χ0v) is 15.8. The summed E-state index contributed by atoms with van der Waals surface area (Å²) in [4.78, 5) is 13.8. The third-order valence-corrected chi connectivity index (χ3v) is 5.72. The fraction of sp³-hybridized carbons (Fsp3) is 0.737. The largest absolute Gasteiger partial charge is 0.320 e. The van der Waals surface area contributed by atoms with Crippen LogP contribution in [0.3, 0.4) is 0 Å². The van der Waals surface area contributed by atoms with Crippen LogP contribution in [0.25, 0.3) is 0 Å². The molecule has 0 bridgehead atoms. The Labute approximate surface area is 141 Å². The molecule has 22 heavy (non-hydrogen) atoms. The van der Waals surface area contributed by atoms with E-state index in [1.807, 2.05) is 0 Å². The molecule has 2 nitrogen and oxygen atoms in total. The van der Waals surface area contributed by atoms with Crippen molar-refractivity contribution in [1.29, 1.82) is 0 Å². The highest BCUT2D eigenvalue weighted by molar-refractivity contribution is 8.06. The van der Waals surface area contributed by atoms with E-state index in [-0.39, 0.29) is 11.8 Å². The Balaban J connectivity index is 2.54. The molecule has 1 fully saturated rings. The van der Waals surface area contributed by atoms with Gasteiger partial charge in [0.25, 0.3) is 0 Å². The first-order valence-electron chi connectivity index (χ1n) is 8.80. The van der Waals surface area contributed by atoms with Crippen molar-refractivity contribution in [3.63, 3.8) is 0 Å². The lowest BCUT2D eigenvalue weighted by Gasteiger charge is -2.27. The maximum absolute atomic E-state index is 12.5. The molecule has 0 atom stereocenters. The van der Waals surface area contributed by atoms with Crippen molar-refractivity contribution < 1.29 is 4.79 Å². The van der Waals surface area contributed by atoms with Gasteiger partial charge in [0.1, 0.15) is 0 Å². The van der Waals surface area contributed by atoms with Crippen LogP contribution < -0.4 is 5.32 Å². The molecule has 3 heteroatoms. The zero-order valence-electron chi connectivity index (χ0n) is 15.0. The van der Waals surface area contributed by atoms with Crippen LogP contribution in [0.5, 0.6) is 0 Å². The van der Waals surface area contributed by atoms with Gasteiger partial charge in [0.2, 0.25) is 5.91 Å². The van der Waals surface area contributed by atoms with Gasteiger partial charge in [0.15, 0.2) is 0 Å². The Morgan fingerprint density at radius 3 is 2.27 bits per heavy atom. The van der Waals surface area contributed by atoms with E-state index in [1.54, 1.807) is 11.8 Å². The van der Waals surface area contributed by atoms with Crippen molar-refractivity contribution in [3.05, 3.63) is 21.6 Å². The minimum Gasteiger partial charge on any atom is -0.320 e. The van der Waals surface area contributed by atoms with E-state index >= 15 is 0 Å². The highest BCUT2D eigenvalue weighted by atomic mass is 32.2. The molecule has 0 aromatic carbocycles. The van der Waals surface area contributed by atoms with Crippen LogP contribution in [0.4, 0.5) is 0 Å². The predicted molar refractivity (Wildman–Crippen MR) is 98.5 cm³/mol. The Hall–Kier alpha value is -0.700. The number of hydrogen-bond acceptors (Lipinski definition) is 2. The van der Waals surface area contributed by atoms with Crippen molar-refractivity contribution in [2.24, 2.45) is 11.8 Å². The lowest BCUT2D eigenvalue weighted by molar-refractivity contribution is -0.125. The third-order valence-electron chi connectivity index (χ3n) is 4.52. The Kier molecular flexibility index (Phi) is 8.92. The van der Waals surface area contributed by atoms with Crippen LogP contribution in [0.1, 0.15) is 79.6 Å². The molecular formula is C19H33NOS. The number of thioether (sulfide) groups is 1. The lowest BCUT2D eigenvalue weighted by Crippen LogP contribution is -2.32. The van der Waals surface area contributed by atoms with E-state index < -0.39 is 0 Å². The van der Waals surface area contributed by atoms with Gasteiger partial charge in [0, 0.05) is 5.92 Å². The van der Waals surface area contributed by atoms with E-state index in [9.17, 15) is 4.79 Å². The zero-order chi connectivity index (χ0) is 16.5. The first-order chi connectivity index (χ1) is 10.5. The number of carbonyl (C=O) groups is 1. The fourth-order valence-electron chi connectivity index (χ4n) is 2.92. The monoisotopic (exact) mass is 323 g/mol. The molecule has 126 valence electrons. The van der Waals surface area contributed by atoms with E-state index in [4.69, 9.17) is 0 Å². The molecule has 0 heterocycles. The summed E-state index contributed by atoms with van der Waals surface area (Å²) >= 11 is 1.69. The maximum Gasteiger partial charge on any atom is 0.227 e. The number of nitrogens with one attached hydrogen (secondary N) is 1. The highest BCUT2D eigenvalue weighted by Gasteiger charge is 2.26. The molecule has 0 unspecified atom stereocenters. The molecule has 0 spiro atoms. The van der Waals surface area contributed by atoms with Crippen molar-refractivity contribution in [3.8, 4) is 0 Å². The lowest BCUT2D eigenvalue weighted by atomic mass is 9.80. The molecule has 0 radical (unpaired) electrons. The van der Waals surface area contributed by atoms with Crippen molar-refractivity contribution in [1.82, 2.24) is 5.32 Å². The molecule has 1 rings (SSSR count). The van der Waals surface area contributed by atoms with Crippen LogP contribution in [-0.4, -0.2) is 5.91 Å². The van der Waals surface area contributed by atoms with Gasteiger partial charge in [-0.3, -0.25) is 4.79 Å². The van der Waals surface area contributed by atoms with Crippen LogP contribution in [0.2, 0.25) is 0 Å². The molecule has 1 amide bonds. The smallest absolute Gasteiger partial charge is 0.227 e. The van der Waals surface area contributed by atoms with E-state index in [0.717, 1.165) is 30.2 Å². The molecular weight excluding hydrogens is 290 g/mol. The van der Waals surface area contributed by atoms with Crippen molar-refractivity contribution >= 4 is 17.7 Å². The summed E-state index contributed by atoms with van der Waals surface area (Å²) in [6.07, 6.45) is 10.2. The second-order valence-electron chi connectivity index (χ2n) is 6.63. The van der Waals surface area contributed by atoms with Gasteiger partial charge in [0.05, 0.1) is 5.03 Å². The molecule has 0 saturated heterocycles. The van der Waals surface area contributed by atoms with Crippen LogP contribution in [0, 0.1) is 11.8 Å². The summed E-state index contributed by atoms with van der Waals surface area (Å²) in [5.41, 5.74) is 1.31. The van der Waals surface area contributed by atoms with E-state index in [2.05, 4.69) is 46.0 Å². The van der Waals surface area contributed by atoms with Gasteiger partial charge in [-0.1, -0.05) is 50.1 Å². The SMILES string of the molecule is CC/C=C(\NC(=O)C1CCC(CCC)CC1)SC(C)=C(C)C. The third kappa shape index (κ3) is 6.60. The van der Waals surface area contributed by atoms with Gasteiger partial charge < -0.3 is 5.32 Å². The highest BCUT2D eigenvalue weighted by Crippen LogP contribution is 2.32. The van der Waals surface area contributed by atoms with Gasteiger partial charge in [-0.2, -0.15) is 0 Å². The average molecular weight is 324 g/mol. The molecule has 0 aromatic rings. The topological polar surface area (TPSA) is 29.1 Å².